The van der Waals surface area contributed by atoms with E-state index in [9.17, 15) is 14.4 Å². The van der Waals surface area contributed by atoms with Crippen LogP contribution in [0.4, 0.5) is 0 Å². The smallest absolute Gasteiger partial charge is 0.287 e. The maximum absolute atomic E-state index is 12.0. The lowest BCUT2D eigenvalue weighted by Crippen LogP contribution is -2.46. The van der Waals surface area contributed by atoms with Gasteiger partial charge in [-0.05, 0) is 18.2 Å². The molecule has 3 amide bonds. The van der Waals surface area contributed by atoms with E-state index in [1.165, 1.54) is 12.3 Å². The number of carbonyl (C=O) groups is 3. The summed E-state index contributed by atoms with van der Waals surface area (Å²) in [6.45, 7) is -0.321. The number of nitrogens with one attached hydrogen (secondary N) is 4. The maximum Gasteiger partial charge on any atom is 0.287 e. The molecule has 0 radical (unpaired) electrons. The minimum Gasteiger partial charge on any atom is -0.459 e. The van der Waals surface area contributed by atoms with Crippen molar-refractivity contribution in [3.8, 4) is 11.3 Å². The van der Waals surface area contributed by atoms with Crippen LogP contribution >= 0.6 is 0 Å². The number of carbonyl (C=O) groups excluding carboxylic acids is 3. The van der Waals surface area contributed by atoms with Crippen LogP contribution < -0.4 is 16.2 Å². The summed E-state index contributed by atoms with van der Waals surface area (Å²) in [5.41, 5.74) is 6.08. The van der Waals surface area contributed by atoms with Crippen LogP contribution in [0.25, 0.3) is 11.3 Å². The number of benzene rings is 1. The van der Waals surface area contributed by atoms with Gasteiger partial charge in [-0.25, -0.2) is 0 Å². The Morgan fingerprint density at radius 3 is 2.54 bits per heavy atom. The van der Waals surface area contributed by atoms with E-state index in [1.807, 2.05) is 30.3 Å². The fourth-order valence-electron chi connectivity index (χ4n) is 2.09. The standard InChI is InChI=1S/C17H15N5O4/c23-15(10-18-17(25)14-7-4-8-26-14)21-22-16(24)13-9-12(19-20-13)11-5-2-1-3-6-11/h1-9H,10H2,(H,18,25)(H,19,20)(H,21,23)(H,22,24). The minimum absolute atomic E-state index is 0.0905. The van der Waals surface area contributed by atoms with Gasteiger partial charge in [-0.1, -0.05) is 30.3 Å². The van der Waals surface area contributed by atoms with E-state index in [0.717, 1.165) is 5.56 Å². The molecule has 0 saturated carbocycles. The lowest BCUT2D eigenvalue weighted by Gasteiger charge is -2.06. The Kier molecular flexibility index (Phi) is 5.08. The molecule has 0 unspecified atom stereocenters. The van der Waals surface area contributed by atoms with E-state index in [4.69, 9.17) is 4.42 Å². The number of hydrazine groups is 1. The molecule has 26 heavy (non-hydrogen) atoms. The van der Waals surface area contributed by atoms with E-state index in [-0.39, 0.29) is 18.0 Å². The van der Waals surface area contributed by atoms with Crippen LogP contribution in [0.2, 0.25) is 0 Å². The Labute approximate surface area is 147 Å². The highest BCUT2D eigenvalue weighted by Crippen LogP contribution is 2.16. The molecule has 0 spiro atoms. The molecule has 4 N–H and O–H groups in total. The average molecular weight is 353 g/mol. The second-order valence-corrected chi connectivity index (χ2v) is 5.20. The summed E-state index contributed by atoms with van der Waals surface area (Å²) >= 11 is 0. The summed E-state index contributed by atoms with van der Waals surface area (Å²) in [4.78, 5) is 35.3. The monoisotopic (exact) mass is 353 g/mol. The van der Waals surface area contributed by atoms with Crippen molar-refractivity contribution in [2.24, 2.45) is 0 Å². The molecule has 0 aliphatic rings. The van der Waals surface area contributed by atoms with Gasteiger partial charge < -0.3 is 9.73 Å². The molecule has 2 aromatic heterocycles. The molecule has 9 nitrogen and oxygen atoms in total. The summed E-state index contributed by atoms with van der Waals surface area (Å²) in [5, 5.41) is 9.02. The Morgan fingerprint density at radius 2 is 1.81 bits per heavy atom. The molecule has 0 saturated heterocycles. The number of aromatic amines is 1. The van der Waals surface area contributed by atoms with Crippen LogP contribution in [0.5, 0.6) is 0 Å². The van der Waals surface area contributed by atoms with Crippen molar-refractivity contribution in [2.45, 2.75) is 0 Å². The van der Waals surface area contributed by atoms with E-state index in [2.05, 4.69) is 26.4 Å². The number of hydrogen-bond donors (Lipinski definition) is 4. The zero-order chi connectivity index (χ0) is 18.4. The van der Waals surface area contributed by atoms with Gasteiger partial charge in [0.15, 0.2) is 5.76 Å². The third-order valence-corrected chi connectivity index (χ3v) is 3.36. The molecular formula is C17H15N5O4. The van der Waals surface area contributed by atoms with Gasteiger partial charge in [-0.2, -0.15) is 5.10 Å². The minimum atomic E-state index is -0.596. The normalized spacial score (nSPS) is 10.2. The second kappa shape index (κ2) is 7.79. The first kappa shape index (κ1) is 17.0. The van der Waals surface area contributed by atoms with Crippen LogP contribution in [0, 0.1) is 0 Å². The first-order valence-corrected chi connectivity index (χ1v) is 7.65. The van der Waals surface area contributed by atoms with Crippen molar-refractivity contribution in [1.82, 2.24) is 26.4 Å². The van der Waals surface area contributed by atoms with Gasteiger partial charge in [0.05, 0.1) is 18.5 Å². The highest BCUT2D eigenvalue weighted by molar-refractivity contribution is 5.96. The number of furan rings is 1. The molecule has 9 heteroatoms. The quantitative estimate of drug-likeness (QED) is 0.506. The molecular weight excluding hydrogens is 338 g/mol. The van der Waals surface area contributed by atoms with Crippen molar-refractivity contribution < 1.29 is 18.8 Å². The van der Waals surface area contributed by atoms with Crippen LogP contribution in [0.15, 0.2) is 59.2 Å². The molecule has 0 aliphatic carbocycles. The highest BCUT2D eigenvalue weighted by atomic mass is 16.3. The number of amides is 3. The van der Waals surface area contributed by atoms with Gasteiger partial charge in [-0.3, -0.25) is 30.3 Å². The van der Waals surface area contributed by atoms with Crippen LogP contribution in [0.1, 0.15) is 21.0 Å². The number of nitrogens with zero attached hydrogens (tertiary/aromatic N) is 1. The van der Waals surface area contributed by atoms with E-state index >= 15 is 0 Å². The maximum atomic E-state index is 12.0. The van der Waals surface area contributed by atoms with Gasteiger partial charge in [0.1, 0.15) is 5.69 Å². The molecule has 2 heterocycles. The molecule has 3 rings (SSSR count). The van der Waals surface area contributed by atoms with E-state index in [1.54, 1.807) is 12.1 Å². The van der Waals surface area contributed by atoms with Crippen molar-refractivity contribution in [3.05, 3.63) is 66.2 Å². The largest absolute Gasteiger partial charge is 0.459 e. The van der Waals surface area contributed by atoms with E-state index in [0.29, 0.717) is 5.69 Å². The van der Waals surface area contributed by atoms with Gasteiger partial charge >= 0.3 is 0 Å². The van der Waals surface area contributed by atoms with Gasteiger partial charge in [-0.15, -0.1) is 0 Å². The summed E-state index contributed by atoms with van der Waals surface area (Å²) < 4.78 is 4.90. The summed E-state index contributed by atoms with van der Waals surface area (Å²) in [7, 11) is 0. The van der Waals surface area contributed by atoms with Gasteiger partial charge in [0.25, 0.3) is 17.7 Å². The Morgan fingerprint density at radius 1 is 1.00 bits per heavy atom. The van der Waals surface area contributed by atoms with Crippen LogP contribution in [-0.2, 0) is 4.79 Å². The lowest BCUT2D eigenvalue weighted by molar-refractivity contribution is -0.120. The van der Waals surface area contributed by atoms with Gasteiger partial charge in [0, 0.05) is 5.56 Å². The van der Waals surface area contributed by atoms with Crippen LogP contribution in [-0.4, -0.2) is 34.5 Å². The summed E-state index contributed by atoms with van der Waals surface area (Å²) in [6, 6.07) is 13.9. The molecule has 0 atom stereocenters. The number of hydrogen-bond acceptors (Lipinski definition) is 5. The molecule has 132 valence electrons. The lowest BCUT2D eigenvalue weighted by atomic mass is 10.1. The fraction of sp³-hybridized carbons (Fsp3) is 0.0588. The topological polar surface area (TPSA) is 129 Å². The number of aromatic nitrogens is 2. The average Bonchev–Trinajstić information content (AvgIpc) is 3.37. The zero-order valence-electron chi connectivity index (χ0n) is 13.5. The van der Waals surface area contributed by atoms with Crippen molar-refractivity contribution in [2.75, 3.05) is 6.54 Å². The molecule has 0 aliphatic heterocycles. The third kappa shape index (κ3) is 4.15. The number of H-pyrrole nitrogens is 1. The Bertz CT molecular complexity index is 902. The third-order valence-electron chi connectivity index (χ3n) is 3.36. The molecule has 1 aromatic carbocycles. The molecule has 3 aromatic rings. The SMILES string of the molecule is O=C(CNC(=O)c1ccco1)NNC(=O)c1cc(-c2ccccc2)n[nH]1. The fourth-order valence-corrected chi connectivity index (χ4v) is 2.09. The zero-order valence-corrected chi connectivity index (χ0v) is 13.5. The highest BCUT2D eigenvalue weighted by Gasteiger charge is 2.13. The summed E-state index contributed by atoms with van der Waals surface area (Å²) in [5.74, 6) is -1.60. The Hall–Kier alpha value is -3.88. The van der Waals surface area contributed by atoms with Crippen molar-refractivity contribution >= 4 is 17.7 Å². The first-order valence-electron chi connectivity index (χ1n) is 7.65. The molecule has 0 bridgehead atoms. The van der Waals surface area contributed by atoms with Crippen molar-refractivity contribution in [1.29, 1.82) is 0 Å². The Balaban J connectivity index is 1.47. The molecule has 0 fully saturated rings. The van der Waals surface area contributed by atoms with E-state index < -0.39 is 17.7 Å². The van der Waals surface area contributed by atoms with Gasteiger partial charge in [0.2, 0.25) is 0 Å². The first-order chi connectivity index (χ1) is 12.6. The second-order valence-electron chi connectivity index (χ2n) is 5.20. The summed E-state index contributed by atoms with van der Waals surface area (Å²) in [6.07, 6.45) is 1.35. The van der Waals surface area contributed by atoms with Crippen molar-refractivity contribution in [3.63, 3.8) is 0 Å². The predicted octanol–water partition coefficient (Wildman–Crippen LogP) is 0.861. The van der Waals surface area contributed by atoms with Crippen LogP contribution in [0.3, 0.4) is 0 Å². The predicted molar refractivity (Wildman–Crippen MR) is 90.7 cm³/mol. The number of rotatable bonds is 5.